The highest BCUT2D eigenvalue weighted by Gasteiger charge is 2.03. The zero-order valence-electron chi connectivity index (χ0n) is 8.88. The molecular formula is C10H12N4O2. The quantitative estimate of drug-likeness (QED) is 0.821. The number of hydrogen-bond acceptors (Lipinski definition) is 5. The van der Waals surface area contributed by atoms with Crippen molar-refractivity contribution in [2.45, 2.75) is 13.5 Å². The lowest BCUT2D eigenvalue weighted by molar-refractivity contribution is 0.485. The Balaban J connectivity index is 2.20. The minimum Gasteiger partial charge on any atom is -0.467 e. The molecule has 0 amide bonds. The molecule has 0 unspecified atom stereocenters. The van der Waals surface area contributed by atoms with Crippen LogP contribution in [-0.2, 0) is 6.54 Å². The first-order chi connectivity index (χ1) is 7.79. The fraction of sp³-hybridized carbons (Fsp3) is 0.300. The number of rotatable bonds is 4. The summed E-state index contributed by atoms with van der Waals surface area (Å²) >= 11 is 0. The van der Waals surface area contributed by atoms with Gasteiger partial charge in [0.1, 0.15) is 12.1 Å². The topological polar surface area (TPSA) is 73.0 Å². The third-order valence-electron chi connectivity index (χ3n) is 2.01. The first-order valence-corrected chi connectivity index (χ1v) is 4.99. The second-order valence-electron chi connectivity index (χ2n) is 3.20. The van der Waals surface area contributed by atoms with Crippen molar-refractivity contribution in [3.8, 4) is 0 Å². The third-order valence-corrected chi connectivity index (χ3v) is 2.01. The molecule has 2 heterocycles. The first-order valence-electron chi connectivity index (χ1n) is 4.99. The molecule has 84 valence electrons. The van der Waals surface area contributed by atoms with Crippen molar-refractivity contribution in [2.24, 2.45) is 0 Å². The number of anilines is 1. The molecule has 0 saturated heterocycles. The van der Waals surface area contributed by atoms with Gasteiger partial charge in [-0.15, -0.1) is 0 Å². The van der Waals surface area contributed by atoms with E-state index in [2.05, 4.69) is 15.3 Å². The molecule has 0 aromatic carbocycles. The van der Waals surface area contributed by atoms with Crippen molar-refractivity contribution in [1.29, 1.82) is 0 Å². The van der Waals surface area contributed by atoms with E-state index >= 15 is 0 Å². The molecule has 0 saturated carbocycles. The Morgan fingerprint density at radius 3 is 3.06 bits per heavy atom. The number of hydrogen-bond donors (Lipinski definition) is 1. The van der Waals surface area contributed by atoms with Crippen LogP contribution in [0.4, 0.5) is 5.95 Å². The van der Waals surface area contributed by atoms with E-state index in [4.69, 9.17) is 4.42 Å². The zero-order valence-corrected chi connectivity index (χ0v) is 8.88. The second-order valence-corrected chi connectivity index (χ2v) is 3.20. The highest BCUT2D eigenvalue weighted by atomic mass is 16.3. The molecule has 2 rings (SSSR count). The summed E-state index contributed by atoms with van der Waals surface area (Å²) in [6.07, 6.45) is 3.02. The van der Waals surface area contributed by atoms with Crippen molar-refractivity contribution in [1.82, 2.24) is 14.5 Å². The summed E-state index contributed by atoms with van der Waals surface area (Å²) in [6, 6.07) is 3.57. The van der Waals surface area contributed by atoms with E-state index in [9.17, 15) is 4.79 Å². The minimum absolute atomic E-state index is 0.345. The maximum Gasteiger partial charge on any atom is 0.352 e. The number of aromatic nitrogens is 3. The third kappa shape index (κ3) is 2.28. The summed E-state index contributed by atoms with van der Waals surface area (Å²) in [5.74, 6) is 1.05. The van der Waals surface area contributed by atoms with Crippen LogP contribution in [0.2, 0.25) is 0 Å². The van der Waals surface area contributed by atoms with Gasteiger partial charge in [-0.25, -0.2) is 9.78 Å². The van der Waals surface area contributed by atoms with Crippen LogP contribution in [0.5, 0.6) is 0 Å². The normalized spacial score (nSPS) is 10.3. The molecule has 1 N–H and O–H groups in total. The molecule has 0 bridgehead atoms. The molecule has 0 fully saturated rings. The van der Waals surface area contributed by atoms with Gasteiger partial charge in [-0.05, 0) is 19.1 Å². The average Bonchev–Trinajstić information content (AvgIpc) is 2.75. The van der Waals surface area contributed by atoms with Crippen LogP contribution < -0.4 is 11.0 Å². The van der Waals surface area contributed by atoms with Crippen LogP contribution in [0.25, 0.3) is 0 Å². The predicted octanol–water partition coefficient (Wildman–Crippen LogP) is 0.711. The van der Waals surface area contributed by atoms with Gasteiger partial charge in [-0.2, -0.15) is 4.98 Å². The number of nitrogens with zero attached hydrogens (tertiary/aromatic N) is 3. The van der Waals surface area contributed by atoms with Crippen molar-refractivity contribution < 1.29 is 4.42 Å². The van der Waals surface area contributed by atoms with E-state index in [-0.39, 0.29) is 5.69 Å². The van der Waals surface area contributed by atoms with Gasteiger partial charge in [-0.3, -0.25) is 4.57 Å². The van der Waals surface area contributed by atoms with Crippen LogP contribution in [0.1, 0.15) is 12.7 Å². The lowest BCUT2D eigenvalue weighted by Crippen LogP contribution is -2.25. The van der Waals surface area contributed by atoms with Crippen molar-refractivity contribution in [3.05, 3.63) is 41.0 Å². The first kappa shape index (κ1) is 10.4. The summed E-state index contributed by atoms with van der Waals surface area (Å²) in [7, 11) is 0. The van der Waals surface area contributed by atoms with Crippen LogP contribution in [0.15, 0.2) is 33.9 Å². The fourth-order valence-corrected chi connectivity index (χ4v) is 1.28. The Hall–Kier alpha value is -2.11. The molecule has 0 aliphatic carbocycles. The molecular weight excluding hydrogens is 208 g/mol. The smallest absolute Gasteiger partial charge is 0.352 e. The standard InChI is InChI=1S/C10H12N4O2/c1-2-11-9-12-7-14(10(15)13-9)6-8-4-3-5-16-8/h3-5,7H,2,6H2,1H3,(H,11,13,15). The van der Waals surface area contributed by atoms with Gasteiger partial charge in [-0.1, -0.05) is 0 Å². The maximum atomic E-state index is 11.6. The highest BCUT2D eigenvalue weighted by molar-refractivity contribution is 5.20. The minimum atomic E-state index is -0.345. The average molecular weight is 220 g/mol. The van der Waals surface area contributed by atoms with E-state index in [1.54, 1.807) is 18.4 Å². The van der Waals surface area contributed by atoms with Crippen molar-refractivity contribution in [2.75, 3.05) is 11.9 Å². The van der Waals surface area contributed by atoms with E-state index in [1.165, 1.54) is 10.9 Å². The highest BCUT2D eigenvalue weighted by Crippen LogP contribution is 2.01. The van der Waals surface area contributed by atoms with Gasteiger partial charge >= 0.3 is 5.69 Å². The van der Waals surface area contributed by atoms with Gasteiger partial charge in [0.15, 0.2) is 0 Å². The predicted molar refractivity (Wildman–Crippen MR) is 58.3 cm³/mol. The van der Waals surface area contributed by atoms with E-state index in [1.807, 2.05) is 6.92 Å². The molecule has 0 aliphatic heterocycles. The van der Waals surface area contributed by atoms with Gasteiger partial charge in [0.25, 0.3) is 0 Å². The molecule has 2 aromatic rings. The lowest BCUT2D eigenvalue weighted by atomic mass is 10.4. The van der Waals surface area contributed by atoms with Crippen molar-refractivity contribution >= 4 is 5.95 Å². The molecule has 16 heavy (non-hydrogen) atoms. The van der Waals surface area contributed by atoms with E-state index in [0.717, 1.165) is 0 Å². The van der Waals surface area contributed by atoms with E-state index in [0.29, 0.717) is 24.8 Å². The molecule has 0 atom stereocenters. The summed E-state index contributed by atoms with van der Waals surface area (Å²) < 4.78 is 6.53. The Morgan fingerprint density at radius 2 is 2.44 bits per heavy atom. The summed E-state index contributed by atoms with van der Waals surface area (Å²) in [5, 5.41) is 2.88. The number of nitrogens with one attached hydrogen (secondary N) is 1. The van der Waals surface area contributed by atoms with Crippen LogP contribution in [0, 0.1) is 0 Å². The molecule has 2 aromatic heterocycles. The van der Waals surface area contributed by atoms with Gasteiger partial charge in [0.05, 0.1) is 12.8 Å². The SMILES string of the molecule is CCNc1ncn(Cc2ccco2)c(=O)n1. The Bertz CT molecular complexity index is 504. The second kappa shape index (κ2) is 4.61. The summed E-state index contributed by atoms with van der Waals surface area (Å²) in [6.45, 7) is 2.94. The Morgan fingerprint density at radius 1 is 1.56 bits per heavy atom. The van der Waals surface area contributed by atoms with Crippen LogP contribution in [-0.4, -0.2) is 21.1 Å². The van der Waals surface area contributed by atoms with Crippen LogP contribution in [0.3, 0.4) is 0 Å². The maximum absolute atomic E-state index is 11.6. The Labute approximate surface area is 92.0 Å². The number of furan rings is 1. The fourth-order valence-electron chi connectivity index (χ4n) is 1.28. The van der Waals surface area contributed by atoms with Gasteiger partial charge in [0, 0.05) is 6.54 Å². The van der Waals surface area contributed by atoms with Crippen LogP contribution >= 0.6 is 0 Å². The molecule has 6 heteroatoms. The summed E-state index contributed by atoms with van der Waals surface area (Å²) in [5.41, 5.74) is -0.345. The van der Waals surface area contributed by atoms with Gasteiger partial charge in [0.2, 0.25) is 5.95 Å². The van der Waals surface area contributed by atoms with E-state index < -0.39 is 0 Å². The molecule has 6 nitrogen and oxygen atoms in total. The molecule has 0 spiro atoms. The molecule has 0 radical (unpaired) electrons. The molecule has 0 aliphatic rings. The monoisotopic (exact) mass is 220 g/mol. The zero-order chi connectivity index (χ0) is 11.4. The van der Waals surface area contributed by atoms with Crippen molar-refractivity contribution in [3.63, 3.8) is 0 Å². The Kier molecular flexibility index (Phi) is 3.00. The summed E-state index contributed by atoms with van der Waals surface area (Å²) in [4.78, 5) is 19.4. The van der Waals surface area contributed by atoms with Gasteiger partial charge < -0.3 is 9.73 Å². The lowest BCUT2D eigenvalue weighted by Gasteiger charge is -2.03. The largest absolute Gasteiger partial charge is 0.467 e.